The molecule has 1 aromatic heterocycles. The monoisotopic (exact) mass is 383 g/mol. The molecule has 0 saturated carbocycles. The van der Waals surface area contributed by atoms with Crippen molar-refractivity contribution in [1.29, 1.82) is 0 Å². The molecule has 0 saturated heterocycles. The Morgan fingerprint density at radius 1 is 1.04 bits per heavy atom. The minimum Gasteiger partial charge on any atom is -0.387 e. The van der Waals surface area contributed by atoms with Crippen molar-refractivity contribution in [2.45, 2.75) is 12.5 Å². The molecule has 1 unspecified atom stereocenters. The number of nitrogens with zero attached hydrogens (tertiary/aromatic N) is 2. The van der Waals surface area contributed by atoms with Gasteiger partial charge in [-0.2, -0.15) is 0 Å². The zero-order chi connectivity index (χ0) is 18.0. The number of benzene rings is 2. The number of fused-ring (bicyclic) bond motifs is 1. The molecule has 0 radical (unpaired) electrons. The van der Waals surface area contributed by atoms with E-state index >= 15 is 0 Å². The van der Waals surface area contributed by atoms with Gasteiger partial charge in [0.25, 0.3) is 6.43 Å². The number of aliphatic hydroxyl groups is 1. The van der Waals surface area contributed by atoms with Crippen molar-refractivity contribution in [2.24, 2.45) is 0 Å². The van der Waals surface area contributed by atoms with Gasteiger partial charge in [-0.3, -0.25) is 0 Å². The largest absolute Gasteiger partial charge is 0.387 e. The van der Waals surface area contributed by atoms with Crippen molar-refractivity contribution in [3.63, 3.8) is 0 Å². The fourth-order valence-corrected chi connectivity index (χ4v) is 2.95. The first-order valence-electron chi connectivity index (χ1n) is 7.37. The van der Waals surface area contributed by atoms with E-state index in [1.807, 2.05) is 0 Å². The van der Waals surface area contributed by atoms with E-state index < -0.39 is 18.4 Å². The van der Waals surface area contributed by atoms with Crippen LogP contribution in [0.15, 0.2) is 42.5 Å². The van der Waals surface area contributed by atoms with Crippen LogP contribution in [0, 0.1) is 0 Å². The van der Waals surface area contributed by atoms with Crippen LogP contribution in [0.4, 0.5) is 14.6 Å². The van der Waals surface area contributed by atoms with Gasteiger partial charge in [-0.1, -0.05) is 35.3 Å². The summed E-state index contributed by atoms with van der Waals surface area (Å²) in [5, 5.41) is 14.6. The number of nitrogens with one attached hydrogen (secondary N) is 1. The SMILES string of the molecule is OC(CNc1nc(C(F)F)nc2ccccc12)c1cc(Cl)cc(Cl)c1. The number of halogens is 4. The van der Waals surface area contributed by atoms with Crippen LogP contribution < -0.4 is 5.32 Å². The lowest BCUT2D eigenvalue weighted by Gasteiger charge is -2.15. The van der Waals surface area contributed by atoms with Crippen molar-refractivity contribution in [3.05, 3.63) is 63.9 Å². The van der Waals surface area contributed by atoms with Crippen LogP contribution in [0.2, 0.25) is 10.0 Å². The lowest BCUT2D eigenvalue weighted by molar-refractivity contribution is 0.141. The van der Waals surface area contributed by atoms with Crippen LogP contribution in [0.3, 0.4) is 0 Å². The molecule has 0 amide bonds. The average Bonchev–Trinajstić information content (AvgIpc) is 2.58. The standard InChI is InChI=1S/C17H13Cl2F2N3O/c18-10-5-9(6-11(19)7-10)14(25)8-22-16-12-3-1-2-4-13(12)23-17(24-16)15(20)21/h1-7,14-15,25H,8H2,(H,22,23,24). The fourth-order valence-electron chi connectivity index (χ4n) is 2.41. The summed E-state index contributed by atoms with van der Waals surface area (Å²) < 4.78 is 26.0. The summed E-state index contributed by atoms with van der Waals surface area (Å²) in [6, 6.07) is 11.5. The van der Waals surface area contributed by atoms with E-state index in [-0.39, 0.29) is 12.4 Å². The number of aromatic nitrogens is 2. The quantitative estimate of drug-likeness (QED) is 0.649. The van der Waals surface area contributed by atoms with Gasteiger partial charge in [0, 0.05) is 22.0 Å². The molecule has 1 heterocycles. The Labute approximate surface area is 152 Å². The smallest absolute Gasteiger partial charge is 0.297 e. The van der Waals surface area contributed by atoms with E-state index in [1.165, 1.54) is 0 Å². The van der Waals surface area contributed by atoms with Crippen LogP contribution in [0.25, 0.3) is 10.9 Å². The van der Waals surface area contributed by atoms with Gasteiger partial charge in [0.2, 0.25) is 0 Å². The molecule has 0 aliphatic carbocycles. The second-order valence-electron chi connectivity index (χ2n) is 5.35. The number of alkyl halides is 2. The molecule has 0 aliphatic heterocycles. The maximum Gasteiger partial charge on any atom is 0.297 e. The summed E-state index contributed by atoms with van der Waals surface area (Å²) in [6.07, 6.45) is -3.73. The molecule has 0 aliphatic rings. The molecule has 8 heteroatoms. The van der Waals surface area contributed by atoms with Gasteiger partial charge in [0.1, 0.15) is 5.82 Å². The van der Waals surface area contributed by atoms with Crippen LogP contribution in [-0.4, -0.2) is 21.6 Å². The number of hydrogen-bond acceptors (Lipinski definition) is 4. The van der Waals surface area contributed by atoms with E-state index in [0.717, 1.165) is 0 Å². The lowest BCUT2D eigenvalue weighted by atomic mass is 10.1. The zero-order valence-corrected chi connectivity index (χ0v) is 14.3. The van der Waals surface area contributed by atoms with Gasteiger partial charge in [0.05, 0.1) is 11.6 Å². The van der Waals surface area contributed by atoms with Gasteiger partial charge in [0.15, 0.2) is 5.82 Å². The zero-order valence-electron chi connectivity index (χ0n) is 12.8. The Hall–Kier alpha value is -2.02. The van der Waals surface area contributed by atoms with Crippen molar-refractivity contribution in [2.75, 3.05) is 11.9 Å². The Morgan fingerprint density at radius 2 is 1.72 bits per heavy atom. The Bertz CT molecular complexity index is 888. The van der Waals surface area contributed by atoms with Crippen molar-refractivity contribution < 1.29 is 13.9 Å². The Balaban J connectivity index is 1.87. The summed E-state index contributed by atoms with van der Waals surface area (Å²) in [5.41, 5.74) is 0.910. The second-order valence-corrected chi connectivity index (χ2v) is 6.22. The Kier molecular flexibility index (Phi) is 5.32. The molecular formula is C17H13Cl2F2N3O. The molecule has 0 spiro atoms. The van der Waals surface area contributed by atoms with Crippen LogP contribution in [0.5, 0.6) is 0 Å². The van der Waals surface area contributed by atoms with Crippen LogP contribution in [-0.2, 0) is 0 Å². The van der Waals surface area contributed by atoms with Gasteiger partial charge < -0.3 is 10.4 Å². The molecule has 3 rings (SSSR count). The number of hydrogen-bond donors (Lipinski definition) is 2. The number of aliphatic hydroxyl groups excluding tert-OH is 1. The molecule has 2 aromatic carbocycles. The second kappa shape index (κ2) is 7.47. The summed E-state index contributed by atoms with van der Waals surface area (Å²) in [6.45, 7) is 0.0420. The summed E-state index contributed by atoms with van der Waals surface area (Å²) >= 11 is 11.9. The van der Waals surface area contributed by atoms with Gasteiger partial charge >= 0.3 is 0 Å². The minimum atomic E-state index is -2.79. The predicted molar refractivity (Wildman–Crippen MR) is 94.4 cm³/mol. The summed E-state index contributed by atoms with van der Waals surface area (Å²) in [7, 11) is 0. The first-order chi connectivity index (χ1) is 11.9. The number of rotatable bonds is 5. The van der Waals surface area contributed by atoms with E-state index in [0.29, 0.717) is 26.5 Å². The highest BCUT2D eigenvalue weighted by molar-refractivity contribution is 6.34. The molecule has 0 bridgehead atoms. The van der Waals surface area contributed by atoms with Gasteiger partial charge in [-0.05, 0) is 35.9 Å². The highest BCUT2D eigenvalue weighted by Crippen LogP contribution is 2.27. The predicted octanol–water partition coefficient (Wildman–Crippen LogP) is 5.02. The summed E-state index contributed by atoms with van der Waals surface area (Å²) in [5.74, 6) is -0.338. The highest BCUT2D eigenvalue weighted by Gasteiger charge is 2.16. The normalized spacial score (nSPS) is 12.6. The van der Waals surface area contributed by atoms with Crippen LogP contribution in [0.1, 0.15) is 23.9 Å². The third-order valence-corrected chi connectivity index (χ3v) is 3.98. The first-order valence-corrected chi connectivity index (χ1v) is 8.12. The van der Waals surface area contributed by atoms with E-state index in [9.17, 15) is 13.9 Å². The van der Waals surface area contributed by atoms with E-state index in [1.54, 1.807) is 42.5 Å². The first kappa shape index (κ1) is 17.8. The fraction of sp³-hybridized carbons (Fsp3) is 0.176. The molecule has 25 heavy (non-hydrogen) atoms. The highest BCUT2D eigenvalue weighted by atomic mass is 35.5. The molecule has 0 fully saturated rings. The van der Waals surface area contributed by atoms with Crippen molar-refractivity contribution >= 4 is 39.9 Å². The minimum absolute atomic E-state index is 0.0420. The maximum atomic E-state index is 13.0. The van der Waals surface area contributed by atoms with Crippen molar-refractivity contribution in [3.8, 4) is 0 Å². The third-order valence-electron chi connectivity index (χ3n) is 3.55. The van der Waals surface area contributed by atoms with E-state index in [4.69, 9.17) is 23.2 Å². The number of para-hydroxylation sites is 1. The van der Waals surface area contributed by atoms with E-state index in [2.05, 4.69) is 15.3 Å². The molecule has 2 N–H and O–H groups in total. The lowest BCUT2D eigenvalue weighted by Crippen LogP contribution is -2.14. The Morgan fingerprint density at radius 3 is 2.40 bits per heavy atom. The molecule has 130 valence electrons. The summed E-state index contributed by atoms with van der Waals surface area (Å²) in [4.78, 5) is 7.71. The molecule has 4 nitrogen and oxygen atoms in total. The number of anilines is 1. The molecular weight excluding hydrogens is 371 g/mol. The molecule has 1 atom stereocenters. The topological polar surface area (TPSA) is 58.0 Å². The van der Waals surface area contributed by atoms with Crippen molar-refractivity contribution in [1.82, 2.24) is 9.97 Å². The third kappa shape index (κ3) is 4.15. The van der Waals surface area contributed by atoms with Crippen LogP contribution >= 0.6 is 23.2 Å². The van der Waals surface area contributed by atoms with Gasteiger partial charge in [-0.15, -0.1) is 0 Å². The average molecular weight is 384 g/mol. The maximum absolute atomic E-state index is 13.0. The molecule has 3 aromatic rings. The van der Waals surface area contributed by atoms with Gasteiger partial charge in [-0.25, -0.2) is 18.7 Å².